The number of hydrogen-bond acceptors (Lipinski definition) is 5. The van der Waals surface area contributed by atoms with E-state index in [2.05, 4.69) is 6.58 Å². The van der Waals surface area contributed by atoms with E-state index in [0.29, 0.717) is 39.5 Å². The maximum atomic E-state index is 12.7. The summed E-state index contributed by atoms with van der Waals surface area (Å²) in [7, 11) is 0. The first kappa shape index (κ1) is 25.2. The highest BCUT2D eigenvalue weighted by Gasteiger charge is 2.36. The molecule has 2 aromatic rings. The number of rotatable bonds is 9. The minimum absolute atomic E-state index is 0.198. The zero-order valence-electron chi connectivity index (χ0n) is 18.7. The van der Waals surface area contributed by atoms with E-state index in [1.165, 1.54) is 4.90 Å². The second-order valence-corrected chi connectivity index (χ2v) is 9.42. The van der Waals surface area contributed by atoms with Gasteiger partial charge in [-0.1, -0.05) is 35.3 Å². The number of imide groups is 1. The lowest BCUT2D eigenvalue weighted by molar-refractivity contribution is -0.123. The summed E-state index contributed by atoms with van der Waals surface area (Å²) in [5, 5.41) is 0.674. The molecule has 3 rings (SSSR count). The van der Waals surface area contributed by atoms with Gasteiger partial charge in [0.1, 0.15) is 6.61 Å². The van der Waals surface area contributed by atoms with Crippen molar-refractivity contribution in [1.29, 1.82) is 0 Å². The van der Waals surface area contributed by atoms with Crippen molar-refractivity contribution in [1.82, 2.24) is 4.90 Å². The summed E-state index contributed by atoms with van der Waals surface area (Å²) < 4.78 is 12.0. The molecule has 0 aromatic heterocycles. The summed E-state index contributed by atoms with van der Waals surface area (Å²) in [6, 6.07) is 8.86. The third-order valence-corrected chi connectivity index (χ3v) is 6.45. The number of hydrogen-bond donors (Lipinski definition) is 0. The fraction of sp³-hybridized carbons (Fsp3) is 0.280. The smallest absolute Gasteiger partial charge is 0.293 e. The number of nitrogens with zero attached hydrogens (tertiary/aromatic N) is 1. The lowest BCUT2D eigenvalue weighted by atomic mass is 10.0. The van der Waals surface area contributed by atoms with E-state index in [0.717, 1.165) is 28.5 Å². The lowest BCUT2D eigenvalue weighted by Gasteiger charge is -2.17. The molecular formula is C25H25Cl2NO4S. The normalized spacial score (nSPS) is 15.0. The number of thioether (sulfide) groups is 1. The van der Waals surface area contributed by atoms with Gasteiger partial charge in [-0.25, -0.2) is 0 Å². The van der Waals surface area contributed by atoms with Crippen molar-refractivity contribution in [2.24, 2.45) is 0 Å². The largest absolute Gasteiger partial charge is 0.490 e. The summed E-state index contributed by atoms with van der Waals surface area (Å²) in [6.45, 7) is 10.1. The second-order valence-electron chi connectivity index (χ2n) is 7.62. The maximum absolute atomic E-state index is 12.7. The van der Waals surface area contributed by atoms with E-state index in [1.54, 1.807) is 24.3 Å². The van der Waals surface area contributed by atoms with E-state index >= 15 is 0 Å². The van der Waals surface area contributed by atoms with Crippen molar-refractivity contribution in [3.63, 3.8) is 0 Å². The van der Waals surface area contributed by atoms with Crippen LogP contribution in [0.15, 0.2) is 47.9 Å². The van der Waals surface area contributed by atoms with Gasteiger partial charge in [-0.05, 0) is 80.4 Å². The van der Waals surface area contributed by atoms with Crippen LogP contribution in [0, 0.1) is 0 Å². The van der Waals surface area contributed by atoms with Crippen molar-refractivity contribution in [3.8, 4) is 11.5 Å². The minimum Gasteiger partial charge on any atom is -0.490 e. The molecule has 0 bridgehead atoms. The first-order valence-corrected chi connectivity index (χ1v) is 12.1. The Balaban J connectivity index is 1.96. The molecule has 1 aliphatic heterocycles. The van der Waals surface area contributed by atoms with Crippen LogP contribution in [0.2, 0.25) is 10.0 Å². The Kier molecular flexibility index (Phi) is 8.51. The summed E-state index contributed by atoms with van der Waals surface area (Å²) in [6.07, 6.45) is 4.02. The summed E-state index contributed by atoms with van der Waals surface area (Å²) in [4.78, 5) is 26.6. The van der Waals surface area contributed by atoms with E-state index < -0.39 is 0 Å². The van der Waals surface area contributed by atoms with Crippen LogP contribution in [-0.4, -0.2) is 28.7 Å². The van der Waals surface area contributed by atoms with Gasteiger partial charge in [0, 0.05) is 11.6 Å². The quantitative estimate of drug-likeness (QED) is 0.267. The molecule has 0 aliphatic carbocycles. The maximum Gasteiger partial charge on any atom is 0.293 e. The zero-order chi connectivity index (χ0) is 24.1. The van der Waals surface area contributed by atoms with E-state index in [9.17, 15) is 9.59 Å². The third kappa shape index (κ3) is 5.94. The molecule has 0 atom stereocenters. The van der Waals surface area contributed by atoms with Crippen LogP contribution in [0.4, 0.5) is 4.79 Å². The Hall–Kier alpha value is -2.41. The highest BCUT2D eigenvalue weighted by Crippen LogP contribution is 2.38. The molecule has 1 heterocycles. The Labute approximate surface area is 208 Å². The molecule has 1 saturated heterocycles. The second kappa shape index (κ2) is 11.1. The van der Waals surface area contributed by atoms with Crippen LogP contribution in [0.1, 0.15) is 37.5 Å². The summed E-state index contributed by atoms with van der Waals surface area (Å²) >= 11 is 13.1. The molecule has 2 aromatic carbocycles. The van der Waals surface area contributed by atoms with Crippen molar-refractivity contribution in [3.05, 3.63) is 74.6 Å². The van der Waals surface area contributed by atoms with Gasteiger partial charge in [0.15, 0.2) is 11.5 Å². The number of carbonyl (C=O) groups excluding carboxylic acids is 2. The molecule has 174 valence electrons. The van der Waals surface area contributed by atoms with Crippen molar-refractivity contribution in [2.75, 3.05) is 6.61 Å². The van der Waals surface area contributed by atoms with Gasteiger partial charge in [-0.3, -0.25) is 14.5 Å². The monoisotopic (exact) mass is 505 g/mol. The zero-order valence-corrected chi connectivity index (χ0v) is 21.0. The van der Waals surface area contributed by atoms with Gasteiger partial charge < -0.3 is 9.47 Å². The van der Waals surface area contributed by atoms with E-state index in [-0.39, 0.29) is 23.8 Å². The van der Waals surface area contributed by atoms with Gasteiger partial charge in [-0.2, -0.15) is 0 Å². The van der Waals surface area contributed by atoms with Crippen molar-refractivity contribution in [2.45, 2.75) is 39.8 Å². The minimum atomic E-state index is -0.289. The highest BCUT2D eigenvalue weighted by molar-refractivity contribution is 8.18. The van der Waals surface area contributed by atoms with E-state index in [1.807, 2.05) is 39.0 Å². The molecule has 1 fully saturated rings. The van der Waals surface area contributed by atoms with Crippen LogP contribution in [0.25, 0.3) is 6.08 Å². The number of ether oxygens (including phenoxy) is 2. The van der Waals surface area contributed by atoms with Gasteiger partial charge in [0.05, 0.1) is 21.6 Å². The SMILES string of the molecule is C=CCc1cc(/C=C2/SC(=O)N(C(C)C)C2=O)cc(OCC)c1OCc1ccc(Cl)c(Cl)c1. The van der Waals surface area contributed by atoms with Gasteiger partial charge in [0.2, 0.25) is 0 Å². The summed E-state index contributed by atoms with van der Waals surface area (Å²) in [5.74, 6) is 0.852. The Morgan fingerprint density at radius 2 is 1.88 bits per heavy atom. The fourth-order valence-electron chi connectivity index (χ4n) is 3.36. The Bertz CT molecular complexity index is 1110. The first-order chi connectivity index (χ1) is 15.7. The molecule has 2 amide bonds. The molecular weight excluding hydrogens is 481 g/mol. The molecule has 33 heavy (non-hydrogen) atoms. The molecule has 0 saturated carbocycles. The van der Waals surface area contributed by atoms with Crippen LogP contribution in [0.3, 0.4) is 0 Å². The third-order valence-electron chi connectivity index (χ3n) is 4.82. The molecule has 8 heteroatoms. The number of halogens is 2. The molecule has 0 spiro atoms. The van der Waals surface area contributed by atoms with Crippen molar-refractivity contribution >= 4 is 52.2 Å². The predicted octanol–water partition coefficient (Wildman–Crippen LogP) is 7.14. The molecule has 1 aliphatic rings. The van der Waals surface area contributed by atoms with Crippen LogP contribution in [-0.2, 0) is 17.8 Å². The number of carbonyl (C=O) groups is 2. The first-order valence-electron chi connectivity index (χ1n) is 10.5. The average Bonchev–Trinajstić information content (AvgIpc) is 3.03. The molecule has 5 nitrogen and oxygen atoms in total. The molecule has 0 radical (unpaired) electrons. The van der Waals surface area contributed by atoms with Crippen molar-refractivity contribution < 1.29 is 19.1 Å². The molecule has 0 N–H and O–H groups in total. The van der Waals surface area contributed by atoms with Gasteiger partial charge in [-0.15, -0.1) is 6.58 Å². The average molecular weight is 506 g/mol. The highest BCUT2D eigenvalue weighted by atomic mass is 35.5. The standard InChI is InChI=1S/C25H25Cl2NO4S/c1-5-7-18-10-17(13-22-24(29)28(15(3)4)25(30)33-22)12-21(31-6-2)23(18)32-14-16-8-9-19(26)20(27)11-16/h5,8-13,15H,1,6-7,14H2,2-4H3/b22-13+. The lowest BCUT2D eigenvalue weighted by Crippen LogP contribution is -2.34. The van der Waals surface area contributed by atoms with Crippen LogP contribution < -0.4 is 9.47 Å². The summed E-state index contributed by atoms with van der Waals surface area (Å²) in [5.41, 5.74) is 2.46. The Morgan fingerprint density at radius 1 is 1.12 bits per heavy atom. The topological polar surface area (TPSA) is 55.8 Å². The fourth-order valence-corrected chi connectivity index (χ4v) is 4.64. The van der Waals surface area contributed by atoms with Crippen LogP contribution >= 0.6 is 35.0 Å². The van der Waals surface area contributed by atoms with Gasteiger partial charge >= 0.3 is 0 Å². The molecule has 0 unspecified atom stereocenters. The Morgan fingerprint density at radius 3 is 2.48 bits per heavy atom. The predicted molar refractivity (Wildman–Crippen MR) is 135 cm³/mol. The van der Waals surface area contributed by atoms with Gasteiger partial charge in [0.25, 0.3) is 11.1 Å². The van der Waals surface area contributed by atoms with Crippen LogP contribution in [0.5, 0.6) is 11.5 Å². The number of amides is 2. The van der Waals surface area contributed by atoms with E-state index in [4.69, 9.17) is 32.7 Å². The number of benzene rings is 2. The number of allylic oxidation sites excluding steroid dienone is 1.